The molecular formula is C14H28N4O2. The molecular weight excluding hydrogens is 256 g/mol. The number of hydrogen-bond acceptors (Lipinski definition) is 4. The predicted molar refractivity (Wildman–Crippen MR) is 79.5 cm³/mol. The van der Waals surface area contributed by atoms with Gasteiger partial charge in [-0.25, -0.2) is 4.79 Å². The second-order valence-electron chi connectivity index (χ2n) is 5.98. The lowest BCUT2D eigenvalue weighted by molar-refractivity contribution is -0.120. The fourth-order valence-electron chi connectivity index (χ4n) is 2.28. The van der Waals surface area contributed by atoms with E-state index in [-0.39, 0.29) is 12.5 Å². The highest BCUT2D eigenvalue weighted by Crippen LogP contribution is 2.05. The zero-order valence-electron chi connectivity index (χ0n) is 12.9. The van der Waals surface area contributed by atoms with Crippen molar-refractivity contribution in [1.82, 2.24) is 20.9 Å². The molecule has 0 saturated carbocycles. The number of likely N-dealkylation sites (N-methyl/N-ethyl adjacent to an activating group) is 1. The molecule has 0 spiro atoms. The monoisotopic (exact) mass is 284 g/mol. The molecule has 1 unspecified atom stereocenters. The van der Waals surface area contributed by atoms with Crippen LogP contribution in [0.2, 0.25) is 0 Å². The topological polar surface area (TPSA) is 73.5 Å². The smallest absolute Gasteiger partial charge is 0.321 e. The highest BCUT2D eigenvalue weighted by Gasteiger charge is 2.17. The molecule has 1 aliphatic heterocycles. The average molecular weight is 284 g/mol. The minimum absolute atomic E-state index is 0.246. The lowest BCUT2D eigenvalue weighted by Crippen LogP contribution is -2.46. The van der Waals surface area contributed by atoms with Crippen molar-refractivity contribution in [3.63, 3.8) is 0 Å². The molecule has 6 nitrogen and oxygen atoms in total. The van der Waals surface area contributed by atoms with Crippen molar-refractivity contribution < 1.29 is 9.59 Å². The highest BCUT2D eigenvalue weighted by atomic mass is 16.2. The summed E-state index contributed by atoms with van der Waals surface area (Å²) in [7, 11) is 1.90. The summed E-state index contributed by atoms with van der Waals surface area (Å²) in [4.78, 5) is 25.1. The number of urea groups is 1. The highest BCUT2D eigenvalue weighted by molar-refractivity contribution is 5.95. The van der Waals surface area contributed by atoms with Crippen molar-refractivity contribution in [2.75, 3.05) is 33.2 Å². The predicted octanol–water partition coefficient (Wildman–Crippen LogP) is 0.542. The zero-order valence-corrected chi connectivity index (χ0v) is 12.9. The number of hydrogen-bond donors (Lipinski definition) is 3. The van der Waals surface area contributed by atoms with Crippen LogP contribution in [-0.2, 0) is 4.79 Å². The van der Waals surface area contributed by atoms with Crippen LogP contribution in [0.1, 0.15) is 33.1 Å². The lowest BCUT2D eigenvalue weighted by Gasteiger charge is -2.20. The molecule has 0 aromatic rings. The number of rotatable bonds is 7. The summed E-state index contributed by atoms with van der Waals surface area (Å²) in [5.74, 6) is 0.281. The SMILES string of the molecule is CC(C)CCNC(=O)NC(=O)CN(C)CC1CCCN1. The van der Waals surface area contributed by atoms with Crippen LogP contribution in [0.25, 0.3) is 0 Å². The van der Waals surface area contributed by atoms with Gasteiger partial charge in [0.05, 0.1) is 6.54 Å². The van der Waals surface area contributed by atoms with Crippen LogP contribution in [0.5, 0.6) is 0 Å². The summed E-state index contributed by atoms with van der Waals surface area (Å²) in [6.07, 6.45) is 3.26. The third kappa shape index (κ3) is 7.45. The van der Waals surface area contributed by atoms with Crippen LogP contribution in [0.4, 0.5) is 4.79 Å². The summed E-state index contributed by atoms with van der Waals surface area (Å²) in [6, 6.07) is 0.0655. The molecule has 0 aromatic heterocycles. The van der Waals surface area contributed by atoms with E-state index in [2.05, 4.69) is 29.8 Å². The van der Waals surface area contributed by atoms with Gasteiger partial charge in [0, 0.05) is 19.1 Å². The van der Waals surface area contributed by atoms with E-state index in [9.17, 15) is 9.59 Å². The number of carbonyl (C=O) groups is 2. The van der Waals surface area contributed by atoms with Gasteiger partial charge in [0.1, 0.15) is 0 Å². The molecule has 0 bridgehead atoms. The molecule has 116 valence electrons. The van der Waals surface area contributed by atoms with Gasteiger partial charge in [0.25, 0.3) is 0 Å². The Hall–Kier alpha value is -1.14. The second kappa shape index (κ2) is 8.92. The van der Waals surface area contributed by atoms with E-state index in [4.69, 9.17) is 0 Å². The van der Waals surface area contributed by atoms with Gasteiger partial charge in [-0.05, 0) is 38.8 Å². The molecule has 0 radical (unpaired) electrons. The molecule has 1 rings (SSSR count). The van der Waals surface area contributed by atoms with Gasteiger partial charge in [0.15, 0.2) is 0 Å². The summed E-state index contributed by atoms with van der Waals surface area (Å²) in [5, 5.41) is 8.44. The molecule has 20 heavy (non-hydrogen) atoms. The largest absolute Gasteiger partial charge is 0.338 e. The van der Waals surface area contributed by atoms with E-state index in [1.54, 1.807) is 0 Å². The van der Waals surface area contributed by atoms with Gasteiger partial charge in [-0.1, -0.05) is 13.8 Å². The van der Waals surface area contributed by atoms with Crippen LogP contribution in [0.15, 0.2) is 0 Å². The standard InChI is InChI=1S/C14H28N4O2/c1-11(2)6-8-16-14(20)17-13(19)10-18(3)9-12-5-4-7-15-12/h11-12,15H,4-10H2,1-3H3,(H2,16,17,19,20). The van der Waals surface area contributed by atoms with E-state index in [0.717, 1.165) is 25.9 Å². The van der Waals surface area contributed by atoms with Crippen LogP contribution in [-0.4, -0.2) is 56.1 Å². The van der Waals surface area contributed by atoms with Gasteiger partial charge in [-0.3, -0.25) is 15.0 Å². The Labute approximate surface area is 121 Å². The Balaban J connectivity index is 2.13. The van der Waals surface area contributed by atoms with E-state index in [0.29, 0.717) is 18.5 Å². The number of imide groups is 1. The summed E-state index contributed by atoms with van der Waals surface area (Å²) in [6.45, 7) is 6.92. The summed E-state index contributed by atoms with van der Waals surface area (Å²) < 4.78 is 0. The summed E-state index contributed by atoms with van der Waals surface area (Å²) >= 11 is 0. The van der Waals surface area contributed by atoms with Gasteiger partial charge in [-0.15, -0.1) is 0 Å². The maximum atomic E-state index is 11.7. The minimum Gasteiger partial charge on any atom is -0.338 e. The Morgan fingerprint density at radius 1 is 1.40 bits per heavy atom. The van der Waals surface area contributed by atoms with Crippen molar-refractivity contribution in [3.05, 3.63) is 0 Å². The van der Waals surface area contributed by atoms with Crippen LogP contribution < -0.4 is 16.0 Å². The molecule has 1 aliphatic rings. The van der Waals surface area contributed by atoms with Crippen molar-refractivity contribution in [2.24, 2.45) is 5.92 Å². The van der Waals surface area contributed by atoms with E-state index in [1.165, 1.54) is 6.42 Å². The van der Waals surface area contributed by atoms with Gasteiger partial charge in [0.2, 0.25) is 5.91 Å². The number of carbonyl (C=O) groups excluding carboxylic acids is 2. The first-order valence-corrected chi connectivity index (χ1v) is 7.47. The first-order valence-electron chi connectivity index (χ1n) is 7.47. The number of nitrogens with one attached hydrogen (secondary N) is 3. The fraction of sp³-hybridized carbons (Fsp3) is 0.857. The Morgan fingerprint density at radius 3 is 2.75 bits per heavy atom. The van der Waals surface area contributed by atoms with E-state index in [1.807, 2.05) is 11.9 Å². The molecule has 3 amide bonds. The van der Waals surface area contributed by atoms with Crippen molar-refractivity contribution in [1.29, 1.82) is 0 Å². The first kappa shape index (κ1) is 16.9. The van der Waals surface area contributed by atoms with Crippen LogP contribution in [0.3, 0.4) is 0 Å². The summed E-state index contributed by atoms with van der Waals surface area (Å²) in [5.41, 5.74) is 0. The first-order chi connectivity index (χ1) is 9.47. The van der Waals surface area contributed by atoms with Crippen LogP contribution >= 0.6 is 0 Å². The average Bonchev–Trinajstić information content (AvgIpc) is 2.80. The Bertz CT molecular complexity index is 314. The number of nitrogens with zero attached hydrogens (tertiary/aromatic N) is 1. The Kier molecular flexibility index (Phi) is 7.54. The maximum absolute atomic E-state index is 11.7. The quantitative estimate of drug-likeness (QED) is 0.638. The fourth-order valence-corrected chi connectivity index (χ4v) is 2.28. The van der Waals surface area contributed by atoms with Crippen molar-refractivity contribution in [3.8, 4) is 0 Å². The van der Waals surface area contributed by atoms with Crippen LogP contribution in [0, 0.1) is 5.92 Å². The molecule has 0 aromatic carbocycles. The molecule has 3 N–H and O–H groups in total. The molecule has 1 fully saturated rings. The molecule has 0 aliphatic carbocycles. The zero-order chi connectivity index (χ0) is 15.0. The minimum atomic E-state index is -0.400. The van der Waals surface area contributed by atoms with Gasteiger partial charge >= 0.3 is 6.03 Å². The molecule has 1 atom stereocenters. The van der Waals surface area contributed by atoms with Crippen molar-refractivity contribution in [2.45, 2.75) is 39.2 Å². The lowest BCUT2D eigenvalue weighted by atomic mass is 10.1. The molecule has 1 saturated heterocycles. The molecule has 1 heterocycles. The third-order valence-electron chi connectivity index (χ3n) is 3.37. The second-order valence-corrected chi connectivity index (χ2v) is 5.98. The maximum Gasteiger partial charge on any atom is 0.321 e. The Morgan fingerprint density at radius 2 is 2.15 bits per heavy atom. The van der Waals surface area contributed by atoms with Gasteiger partial charge in [-0.2, -0.15) is 0 Å². The van der Waals surface area contributed by atoms with Crippen molar-refractivity contribution >= 4 is 11.9 Å². The normalized spacial score (nSPS) is 18.6. The van der Waals surface area contributed by atoms with E-state index >= 15 is 0 Å². The molecule has 6 heteroatoms. The van der Waals surface area contributed by atoms with E-state index < -0.39 is 6.03 Å². The third-order valence-corrected chi connectivity index (χ3v) is 3.37. The van der Waals surface area contributed by atoms with Gasteiger partial charge < -0.3 is 10.6 Å². The number of amides is 3.